The molecule has 0 amide bonds. The summed E-state index contributed by atoms with van der Waals surface area (Å²) in [5, 5.41) is 8.45. The lowest BCUT2D eigenvalue weighted by Gasteiger charge is -2.12. The van der Waals surface area contributed by atoms with Crippen LogP contribution in [0.25, 0.3) is 0 Å². The number of aliphatic hydroxyl groups excluding tert-OH is 1. The zero-order valence-corrected chi connectivity index (χ0v) is 8.03. The third-order valence-corrected chi connectivity index (χ3v) is 2.37. The van der Waals surface area contributed by atoms with Crippen LogP contribution >= 0.6 is 0 Å². The van der Waals surface area contributed by atoms with E-state index in [1.165, 1.54) is 6.08 Å². The first-order chi connectivity index (χ1) is 6.02. The molecule has 0 saturated carbocycles. The molecule has 0 bridgehead atoms. The van der Waals surface area contributed by atoms with Gasteiger partial charge in [0.2, 0.25) is 0 Å². The van der Waals surface area contributed by atoms with Crippen molar-refractivity contribution in [3.8, 4) is 0 Å². The minimum absolute atomic E-state index is 0.0515. The van der Waals surface area contributed by atoms with Gasteiger partial charge in [0.25, 0.3) is 10.1 Å². The predicted molar refractivity (Wildman–Crippen MR) is 47.8 cm³/mol. The van der Waals surface area contributed by atoms with Crippen LogP contribution in [0.3, 0.4) is 0 Å². The fourth-order valence-corrected chi connectivity index (χ4v) is 1.47. The maximum absolute atomic E-state index is 10.7. The van der Waals surface area contributed by atoms with E-state index < -0.39 is 15.6 Å². The minimum atomic E-state index is -4.19. The molecule has 5 nitrogen and oxygen atoms in total. The zero-order valence-electron chi connectivity index (χ0n) is 7.22. The van der Waals surface area contributed by atoms with E-state index in [2.05, 4.69) is 6.58 Å². The SMILES string of the molecule is C=CCOC(CCCO)S(=O)(=O)O. The lowest BCUT2D eigenvalue weighted by atomic mass is 10.3. The Kier molecular flexibility index (Phi) is 5.89. The van der Waals surface area contributed by atoms with Crippen molar-refractivity contribution in [1.29, 1.82) is 0 Å². The van der Waals surface area contributed by atoms with E-state index in [1.54, 1.807) is 0 Å². The van der Waals surface area contributed by atoms with Crippen LogP contribution in [0.15, 0.2) is 12.7 Å². The van der Waals surface area contributed by atoms with E-state index in [9.17, 15) is 8.42 Å². The summed E-state index contributed by atoms with van der Waals surface area (Å²) < 4.78 is 34.8. The maximum atomic E-state index is 10.7. The van der Waals surface area contributed by atoms with Crippen LogP contribution in [-0.4, -0.2) is 36.7 Å². The van der Waals surface area contributed by atoms with Gasteiger partial charge < -0.3 is 9.84 Å². The van der Waals surface area contributed by atoms with E-state index in [0.29, 0.717) is 0 Å². The number of aliphatic hydroxyl groups is 1. The normalized spacial score (nSPS) is 14.0. The number of hydrogen-bond donors (Lipinski definition) is 2. The van der Waals surface area contributed by atoms with Gasteiger partial charge in [-0.05, 0) is 12.8 Å². The van der Waals surface area contributed by atoms with Crippen molar-refractivity contribution < 1.29 is 22.8 Å². The van der Waals surface area contributed by atoms with Gasteiger partial charge in [-0.2, -0.15) is 8.42 Å². The van der Waals surface area contributed by atoms with Gasteiger partial charge in [-0.1, -0.05) is 6.08 Å². The molecule has 13 heavy (non-hydrogen) atoms. The lowest BCUT2D eigenvalue weighted by Crippen LogP contribution is -2.24. The Balaban J connectivity index is 4.11. The zero-order chi connectivity index (χ0) is 10.3. The second-order valence-electron chi connectivity index (χ2n) is 2.43. The molecule has 0 radical (unpaired) electrons. The number of hydrogen-bond acceptors (Lipinski definition) is 4. The first-order valence-corrected chi connectivity index (χ1v) is 5.32. The van der Waals surface area contributed by atoms with Gasteiger partial charge in [-0.25, -0.2) is 0 Å². The molecular formula is C7H14O5S. The average Bonchev–Trinajstić information content (AvgIpc) is 2.02. The molecule has 6 heteroatoms. The fraction of sp³-hybridized carbons (Fsp3) is 0.714. The van der Waals surface area contributed by atoms with Gasteiger partial charge >= 0.3 is 0 Å². The summed E-state index contributed by atoms with van der Waals surface area (Å²) in [6, 6.07) is 0. The molecule has 78 valence electrons. The molecule has 0 aromatic carbocycles. The third kappa shape index (κ3) is 5.75. The summed E-state index contributed by atoms with van der Waals surface area (Å²) in [6.45, 7) is 3.26. The number of ether oxygens (including phenoxy) is 1. The topological polar surface area (TPSA) is 83.8 Å². The van der Waals surface area contributed by atoms with Crippen molar-refractivity contribution in [3.05, 3.63) is 12.7 Å². The Bertz CT molecular complexity index is 233. The fourth-order valence-electron chi connectivity index (χ4n) is 0.752. The van der Waals surface area contributed by atoms with Gasteiger partial charge in [0.15, 0.2) is 5.44 Å². The minimum Gasteiger partial charge on any atom is -0.396 e. The highest BCUT2D eigenvalue weighted by Crippen LogP contribution is 2.08. The molecule has 1 atom stereocenters. The van der Waals surface area contributed by atoms with Crippen molar-refractivity contribution in [2.24, 2.45) is 0 Å². The Labute approximate surface area is 77.8 Å². The van der Waals surface area contributed by atoms with E-state index in [4.69, 9.17) is 14.4 Å². The van der Waals surface area contributed by atoms with Crippen molar-refractivity contribution in [2.45, 2.75) is 18.3 Å². The molecule has 0 rings (SSSR count). The smallest absolute Gasteiger partial charge is 0.292 e. The number of rotatable bonds is 7. The maximum Gasteiger partial charge on any atom is 0.292 e. The molecule has 0 heterocycles. The molecule has 0 aliphatic carbocycles. The van der Waals surface area contributed by atoms with Crippen LogP contribution in [0.1, 0.15) is 12.8 Å². The summed E-state index contributed by atoms with van der Waals surface area (Å²) in [5.74, 6) is 0. The molecule has 0 spiro atoms. The molecule has 0 aliphatic rings. The molecule has 0 aromatic rings. The lowest BCUT2D eigenvalue weighted by molar-refractivity contribution is 0.110. The largest absolute Gasteiger partial charge is 0.396 e. The van der Waals surface area contributed by atoms with Crippen LogP contribution in [0.5, 0.6) is 0 Å². The highest BCUT2D eigenvalue weighted by atomic mass is 32.2. The third-order valence-electron chi connectivity index (χ3n) is 1.33. The summed E-state index contributed by atoms with van der Waals surface area (Å²) in [4.78, 5) is 0. The van der Waals surface area contributed by atoms with Crippen LogP contribution < -0.4 is 0 Å². The quantitative estimate of drug-likeness (QED) is 0.462. The van der Waals surface area contributed by atoms with Gasteiger partial charge in [-0.15, -0.1) is 6.58 Å². The van der Waals surface area contributed by atoms with Crippen LogP contribution in [0.2, 0.25) is 0 Å². The van der Waals surface area contributed by atoms with Crippen molar-refractivity contribution in [2.75, 3.05) is 13.2 Å². The Morgan fingerprint density at radius 3 is 2.54 bits per heavy atom. The molecular weight excluding hydrogens is 196 g/mol. The first kappa shape index (κ1) is 12.6. The van der Waals surface area contributed by atoms with E-state index in [-0.39, 0.29) is 26.1 Å². The van der Waals surface area contributed by atoms with E-state index >= 15 is 0 Å². The van der Waals surface area contributed by atoms with Gasteiger partial charge in [0.05, 0.1) is 6.61 Å². The van der Waals surface area contributed by atoms with Crippen LogP contribution in [-0.2, 0) is 14.9 Å². The standard InChI is InChI=1S/C7H14O5S/c1-2-6-12-7(4-3-5-8)13(9,10)11/h2,7-8H,1,3-6H2,(H,9,10,11). The summed E-state index contributed by atoms with van der Waals surface area (Å²) >= 11 is 0. The highest BCUT2D eigenvalue weighted by molar-refractivity contribution is 7.86. The second-order valence-corrected chi connectivity index (χ2v) is 3.99. The average molecular weight is 210 g/mol. The van der Waals surface area contributed by atoms with Gasteiger partial charge in [0, 0.05) is 6.61 Å². The van der Waals surface area contributed by atoms with Crippen LogP contribution in [0, 0.1) is 0 Å². The second kappa shape index (κ2) is 6.09. The van der Waals surface area contributed by atoms with E-state index in [1.807, 2.05) is 0 Å². The summed E-state index contributed by atoms with van der Waals surface area (Å²) in [5.41, 5.74) is -1.27. The summed E-state index contributed by atoms with van der Waals surface area (Å²) in [7, 11) is -4.19. The van der Waals surface area contributed by atoms with Gasteiger partial charge in [0.1, 0.15) is 0 Å². The molecule has 0 aromatic heterocycles. The van der Waals surface area contributed by atoms with Crippen molar-refractivity contribution >= 4 is 10.1 Å². The highest BCUT2D eigenvalue weighted by Gasteiger charge is 2.22. The monoisotopic (exact) mass is 210 g/mol. The Hall–Kier alpha value is -0.430. The van der Waals surface area contributed by atoms with E-state index in [0.717, 1.165) is 0 Å². The Morgan fingerprint density at radius 2 is 2.15 bits per heavy atom. The van der Waals surface area contributed by atoms with Crippen LogP contribution in [0.4, 0.5) is 0 Å². The summed E-state index contributed by atoms with van der Waals surface area (Å²) in [6.07, 6.45) is 1.72. The molecule has 2 N–H and O–H groups in total. The molecule has 0 saturated heterocycles. The molecule has 0 fully saturated rings. The molecule has 1 unspecified atom stereocenters. The predicted octanol–water partition coefficient (Wildman–Crippen LogP) is 0.175. The van der Waals surface area contributed by atoms with Crippen molar-refractivity contribution in [1.82, 2.24) is 0 Å². The van der Waals surface area contributed by atoms with Gasteiger partial charge in [-0.3, -0.25) is 4.55 Å². The first-order valence-electron chi connectivity index (χ1n) is 3.82. The van der Waals surface area contributed by atoms with Crippen molar-refractivity contribution in [3.63, 3.8) is 0 Å². The molecule has 0 aliphatic heterocycles. The Morgan fingerprint density at radius 1 is 1.54 bits per heavy atom.